The third kappa shape index (κ3) is 7.61. The third-order valence-corrected chi connectivity index (χ3v) is 11.0. The molecule has 0 saturated heterocycles. The van der Waals surface area contributed by atoms with Gasteiger partial charge in [0.2, 0.25) is 0 Å². The smallest absolute Gasteiger partial charge is 0.0992 e. The number of rotatable bonds is 6. The molecule has 10 nitrogen and oxygen atoms in total. The highest BCUT2D eigenvalue weighted by atomic mass is 14.4. The largest absolute Gasteiger partial charge is 0.192 e. The number of allylic oxidation sites excluding steroid dienone is 8. The Morgan fingerprint density at radius 1 is 0.258 bits per heavy atom. The van der Waals surface area contributed by atoms with Gasteiger partial charge in [0.25, 0.3) is 0 Å². The van der Waals surface area contributed by atoms with E-state index in [9.17, 15) is 52.6 Å². The molecule has 0 radical (unpaired) electrons. The molecule has 0 atom stereocenters. The molecule has 0 heterocycles. The van der Waals surface area contributed by atoms with Gasteiger partial charge in [-0.25, -0.2) is 0 Å². The molecule has 0 bridgehead atoms. The summed E-state index contributed by atoms with van der Waals surface area (Å²) >= 11 is 0. The van der Waals surface area contributed by atoms with E-state index in [0.29, 0.717) is 89.1 Å². The van der Waals surface area contributed by atoms with Crippen molar-refractivity contribution in [2.24, 2.45) is 0 Å². The van der Waals surface area contributed by atoms with Crippen LogP contribution in [-0.2, 0) is 0 Å². The molecule has 66 heavy (non-hydrogen) atoms. The summed E-state index contributed by atoms with van der Waals surface area (Å²) in [6, 6.07) is 54.1. The van der Waals surface area contributed by atoms with Crippen molar-refractivity contribution in [2.45, 2.75) is 0 Å². The third-order valence-electron chi connectivity index (χ3n) is 11.0. The Bertz CT molecular complexity index is 3250. The first-order chi connectivity index (χ1) is 32.2. The molecule has 296 valence electrons. The lowest BCUT2D eigenvalue weighted by Gasteiger charge is -2.20. The lowest BCUT2D eigenvalue weighted by molar-refractivity contribution is 1.40. The lowest BCUT2D eigenvalue weighted by atomic mass is 9.83. The molecule has 2 aliphatic carbocycles. The van der Waals surface area contributed by atoms with Crippen molar-refractivity contribution in [3.8, 4) is 60.7 Å². The van der Waals surface area contributed by atoms with Crippen LogP contribution in [0.2, 0.25) is 0 Å². The first kappa shape index (κ1) is 41.6. The van der Waals surface area contributed by atoms with Crippen molar-refractivity contribution in [3.63, 3.8) is 0 Å². The van der Waals surface area contributed by atoms with Gasteiger partial charge >= 0.3 is 0 Å². The molecule has 0 amide bonds. The summed E-state index contributed by atoms with van der Waals surface area (Å²) in [5, 5.41) is 101. The molecule has 6 aromatic rings. The van der Waals surface area contributed by atoms with E-state index in [4.69, 9.17) is 0 Å². The van der Waals surface area contributed by atoms with Gasteiger partial charge in [0.15, 0.2) is 0 Å². The molecule has 0 N–H and O–H groups in total. The minimum atomic E-state index is 0.176. The fourth-order valence-corrected chi connectivity index (χ4v) is 8.25. The van der Waals surface area contributed by atoms with Gasteiger partial charge in [0.1, 0.15) is 0 Å². The monoisotopic (exact) mass is 834 g/mol. The van der Waals surface area contributed by atoms with E-state index in [0.717, 1.165) is 0 Å². The SMILES string of the molecule is N#Cc1ccc(C2=CC3=C(C=C(c4ccc(C#N)cc4)C3=C(c3cc(C#N)cc(C#N)c3)c3cc(C#N)cc(C#N)c3)C2=C(c2cc(C#N)cc(C#N)c2)c2cc(C#N)cc(C#N)c2)cc1. The van der Waals surface area contributed by atoms with E-state index in [1.54, 1.807) is 97.1 Å². The van der Waals surface area contributed by atoms with Gasteiger partial charge in [-0.05, 0) is 187 Å². The van der Waals surface area contributed by atoms with Gasteiger partial charge < -0.3 is 0 Å². The predicted molar refractivity (Wildman–Crippen MR) is 241 cm³/mol. The highest BCUT2D eigenvalue weighted by molar-refractivity contribution is 6.12. The minimum Gasteiger partial charge on any atom is -0.192 e. The molecule has 0 unspecified atom stereocenters. The van der Waals surface area contributed by atoms with E-state index < -0.39 is 0 Å². The van der Waals surface area contributed by atoms with Gasteiger partial charge in [-0.1, -0.05) is 24.3 Å². The Balaban J connectivity index is 1.64. The maximum Gasteiger partial charge on any atom is 0.0992 e. The van der Waals surface area contributed by atoms with Crippen molar-refractivity contribution in [2.75, 3.05) is 0 Å². The van der Waals surface area contributed by atoms with E-state index in [1.807, 2.05) is 12.2 Å². The van der Waals surface area contributed by atoms with Crippen molar-refractivity contribution in [1.29, 1.82) is 52.6 Å². The molecule has 6 aromatic carbocycles. The van der Waals surface area contributed by atoms with E-state index in [-0.39, 0.29) is 44.5 Å². The van der Waals surface area contributed by atoms with Crippen LogP contribution in [0.5, 0.6) is 0 Å². The van der Waals surface area contributed by atoms with Gasteiger partial charge in [-0.15, -0.1) is 0 Å². The lowest BCUT2D eigenvalue weighted by Crippen LogP contribution is -2.01. The second-order valence-electron chi connectivity index (χ2n) is 14.9. The Hall–Kier alpha value is -11.1. The summed E-state index contributed by atoms with van der Waals surface area (Å²) < 4.78 is 0. The highest BCUT2D eigenvalue weighted by Gasteiger charge is 2.36. The fourth-order valence-electron chi connectivity index (χ4n) is 8.25. The number of nitriles is 10. The number of hydrogen-bond acceptors (Lipinski definition) is 10. The van der Waals surface area contributed by atoms with Crippen molar-refractivity contribution in [3.05, 3.63) is 245 Å². The van der Waals surface area contributed by atoms with Crippen LogP contribution in [-0.4, -0.2) is 0 Å². The average Bonchev–Trinajstić information content (AvgIpc) is 3.92. The van der Waals surface area contributed by atoms with Crippen molar-refractivity contribution in [1.82, 2.24) is 0 Å². The molecule has 0 aromatic heterocycles. The van der Waals surface area contributed by atoms with Crippen LogP contribution in [0.1, 0.15) is 89.0 Å². The molecule has 10 heteroatoms. The van der Waals surface area contributed by atoms with Crippen LogP contribution in [0.25, 0.3) is 22.3 Å². The van der Waals surface area contributed by atoms with Gasteiger partial charge in [-0.3, -0.25) is 0 Å². The molecule has 2 aliphatic rings. The Kier molecular flexibility index (Phi) is 11.0. The summed E-state index contributed by atoms with van der Waals surface area (Å²) in [4.78, 5) is 0. The van der Waals surface area contributed by atoms with Crippen LogP contribution < -0.4 is 0 Å². The average molecular weight is 835 g/mol. The fraction of sp³-hybridized carbons (Fsp3) is 0. The highest BCUT2D eigenvalue weighted by Crippen LogP contribution is 2.55. The summed E-state index contributed by atoms with van der Waals surface area (Å²) in [6.07, 6.45) is 3.87. The maximum atomic E-state index is 10.2. The summed E-state index contributed by atoms with van der Waals surface area (Å²) in [6.45, 7) is 0. The van der Waals surface area contributed by atoms with Crippen LogP contribution in [0.15, 0.2) is 156 Å². The minimum absolute atomic E-state index is 0.176. The topological polar surface area (TPSA) is 238 Å². The first-order valence-electron chi connectivity index (χ1n) is 19.7. The molecule has 0 spiro atoms. The zero-order valence-electron chi connectivity index (χ0n) is 34.2. The summed E-state index contributed by atoms with van der Waals surface area (Å²) in [7, 11) is 0. The Morgan fingerprint density at radius 2 is 0.470 bits per heavy atom. The second-order valence-corrected chi connectivity index (χ2v) is 14.9. The van der Waals surface area contributed by atoms with Gasteiger partial charge in [0.05, 0.1) is 116 Å². The van der Waals surface area contributed by atoms with Gasteiger partial charge in [-0.2, -0.15) is 52.6 Å². The summed E-state index contributed by atoms with van der Waals surface area (Å²) in [5.74, 6) is 0. The zero-order valence-corrected chi connectivity index (χ0v) is 34.2. The molecule has 0 aliphatic heterocycles. The van der Waals surface area contributed by atoms with E-state index in [1.165, 1.54) is 24.3 Å². The number of benzene rings is 6. The molecular formula is C56H22N10. The maximum absolute atomic E-state index is 10.2. The summed E-state index contributed by atoms with van der Waals surface area (Å²) in [5.41, 5.74) is 9.60. The zero-order chi connectivity index (χ0) is 46.5. The first-order valence-corrected chi connectivity index (χ1v) is 19.7. The van der Waals surface area contributed by atoms with Crippen molar-refractivity contribution >= 4 is 22.3 Å². The second kappa shape index (κ2) is 17.5. The van der Waals surface area contributed by atoms with E-state index in [2.05, 4.69) is 60.7 Å². The normalized spacial score (nSPS) is 11.8. The molecular weight excluding hydrogens is 813 g/mol. The van der Waals surface area contributed by atoms with Crippen LogP contribution in [0.3, 0.4) is 0 Å². The number of hydrogen-bond donors (Lipinski definition) is 0. The van der Waals surface area contributed by atoms with E-state index >= 15 is 0 Å². The van der Waals surface area contributed by atoms with Crippen LogP contribution in [0, 0.1) is 113 Å². The molecule has 0 fully saturated rings. The quantitative estimate of drug-likeness (QED) is 0.154. The van der Waals surface area contributed by atoms with Crippen molar-refractivity contribution < 1.29 is 0 Å². The van der Waals surface area contributed by atoms with Gasteiger partial charge in [0, 0.05) is 0 Å². The Labute approximate surface area is 378 Å². The molecule has 0 saturated carbocycles. The standard InChI is InChI=1S/C56H22N10/c57-23-33-1-5-43(6-2-33)49-21-51-52(55(49)53(45-13-35(25-59)9-36(14-45)26-60)46-15-37(27-61)10-38(16-46)28-62)22-50(44-7-3-34(24-58)4-8-44)56(51)54(47-17-39(29-63)11-40(18-47)30-64)48-19-41(31-65)12-42(20-48)32-66/h1-22H. The predicted octanol–water partition coefficient (Wildman–Crippen LogP) is 10.2. The van der Waals surface area contributed by atoms with Crippen LogP contribution in [0.4, 0.5) is 0 Å². The van der Waals surface area contributed by atoms with Crippen LogP contribution >= 0.6 is 0 Å². The Morgan fingerprint density at radius 3 is 0.667 bits per heavy atom. The molecule has 8 rings (SSSR count). The number of nitrogens with zero attached hydrogens (tertiary/aromatic N) is 10.